The third-order valence-electron chi connectivity index (χ3n) is 1.81. The van der Waals surface area contributed by atoms with Crippen LogP contribution in [0.4, 0.5) is 5.69 Å². The molecule has 2 N–H and O–H groups in total. The average Bonchev–Trinajstić information content (AvgIpc) is 2.69. The van der Waals surface area contributed by atoms with Crippen molar-refractivity contribution in [3.63, 3.8) is 0 Å². The van der Waals surface area contributed by atoms with E-state index in [-0.39, 0.29) is 0 Å². The Labute approximate surface area is 86.3 Å². The van der Waals surface area contributed by atoms with Gasteiger partial charge in [-0.3, -0.25) is 10.1 Å². The van der Waals surface area contributed by atoms with Gasteiger partial charge in [0, 0.05) is 30.7 Å². The van der Waals surface area contributed by atoms with Gasteiger partial charge in [-0.1, -0.05) is 11.6 Å². The van der Waals surface area contributed by atoms with Crippen molar-refractivity contribution in [3.8, 4) is 0 Å². The van der Waals surface area contributed by atoms with Gasteiger partial charge in [0.1, 0.15) is 0 Å². The van der Waals surface area contributed by atoms with Gasteiger partial charge in [-0.15, -0.1) is 0 Å². The molecule has 2 rings (SSSR count). The minimum Gasteiger partial charge on any atom is -0.380 e. The number of halogens is 1. The van der Waals surface area contributed by atoms with Crippen molar-refractivity contribution in [1.82, 2.24) is 15.2 Å². The van der Waals surface area contributed by atoms with Crippen LogP contribution in [0.5, 0.6) is 0 Å². The molecule has 0 amide bonds. The van der Waals surface area contributed by atoms with Crippen LogP contribution in [0.25, 0.3) is 0 Å². The Morgan fingerprint density at radius 1 is 1.43 bits per heavy atom. The molecular formula is C9H9ClN4. The molecule has 0 fully saturated rings. The first kappa shape index (κ1) is 9.02. The number of nitrogens with one attached hydrogen (secondary N) is 2. The zero-order chi connectivity index (χ0) is 9.80. The summed E-state index contributed by atoms with van der Waals surface area (Å²) in [5.41, 5.74) is 1.96. The molecule has 0 saturated heterocycles. The van der Waals surface area contributed by atoms with Crippen LogP contribution in [0.2, 0.25) is 5.02 Å². The first-order valence-corrected chi connectivity index (χ1v) is 4.55. The van der Waals surface area contributed by atoms with Gasteiger partial charge < -0.3 is 5.32 Å². The zero-order valence-electron chi connectivity index (χ0n) is 7.37. The molecule has 2 aromatic heterocycles. The van der Waals surface area contributed by atoms with E-state index in [4.69, 9.17) is 11.6 Å². The van der Waals surface area contributed by atoms with Crippen LogP contribution >= 0.6 is 11.6 Å². The standard InChI is InChI=1S/C9H9ClN4/c10-8-6-11-2-1-9(8)12-3-7-4-13-14-5-7/h1-2,4-6H,3H2,(H,11,12)(H,13,14). The van der Waals surface area contributed by atoms with Crippen molar-refractivity contribution >= 4 is 17.3 Å². The van der Waals surface area contributed by atoms with Crippen molar-refractivity contribution in [3.05, 3.63) is 41.4 Å². The maximum atomic E-state index is 5.92. The monoisotopic (exact) mass is 208 g/mol. The van der Waals surface area contributed by atoms with E-state index in [1.54, 1.807) is 18.6 Å². The van der Waals surface area contributed by atoms with Crippen molar-refractivity contribution < 1.29 is 0 Å². The second kappa shape index (κ2) is 4.11. The van der Waals surface area contributed by atoms with Crippen molar-refractivity contribution in [2.24, 2.45) is 0 Å². The highest BCUT2D eigenvalue weighted by Gasteiger charge is 1.98. The summed E-state index contributed by atoms with van der Waals surface area (Å²) in [6.45, 7) is 0.695. The van der Waals surface area contributed by atoms with Crippen LogP contribution in [0.15, 0.2) is 30.9 Å². The molecule has 0 unspecified atom stereocenters. The van der Waals surface area contributed by atoms with Crippen molar-refractivity contribution in [2.45, 2.75) is 6.54 Å². The fourth-order valence-electron chi connectivity index (χ4n) is 1.09. The van der Waals surface area contributed by atoms with E-state index in [9.17, 15) is 0 Å². The summed E-state index contributed by atoms with van der Waals surface area (Å²) in [4.78, 5) is 3.90. The molecule has 0 aliphatic heterocycles. The summed E-state index contributed by atoms with van der Waals surface area (Å²) in [7, 11) is 0. The molecule has 2 aromatic rings. The van der Waals surface area contributed by atoms with Crippen LogP contribution in [-0.2, 0) is 6.54 Å². The number of hydrogen-bond acceptors (Lipinski definition) is 3. The molecule has 2 heterocycles. The van der Waals surface area contributed by atoms with Crippen LogP contribution in [0, 0.1) is 0 Å². The highest BCUT2D eigenvalue weighted by molar-refractivity contribution is 6.33. The molecule has 14 heavy (non-hydrogen) atoms. The molecule has 0 atom stereocenters. The van der Waals surface area contributed by atoms with Gasteiger partial charge in [-0.2, -0.15) is 5.10 Å². The maximum Gasteiger partial charge on any atom is 0.0820 e. The minimum absolute atomic E-state index is 0.621. The summed E-state index contributed by atoms with van der Waals surface area (Å²) in [5, 5.41) is 10.4. The Bertz CT molecular complexity index is 399. The largest absolute Gasteiger partial charge is 0.380 e. The number of anilines is 1. The summed E-state index contributed by atoms with van der Waals surface area (Å²) >= 11 is 5.92. The number of H-pyrrole nitrogens is 1. The van der Waals surface area contributed by atoms with Gasteiger partial charge in [-0.05, 0) is 6.07 Å². The Morgan fingerprint density at radius 3 is 3.07 bits per heavy atom. The molecule has 0 bridgehead atoms. The number of hydrogen-bond donors (Lipinski definition) is 2. The summed E-state index contributed by atoms with van der Waals surface area (Å²) < 4.78 is 0. The molecule has 0 aromatic carbocycles. The Hall–Kier alpha value is -1.55. The number of rotatable bonds is 3. The van der Waals surface area contributed by atoms with Crippen molar-refractivity contribution in [1.29, 1.82) is 0 Å². The SMILES string of the molecule is Clc1cnccc1NCc1cn[nH]c1. The molecule has 72 valence electrons. The second-order valence-electron chi connectivity index (χ2n) is 2.82. The first-order valence-electron chi connectivity index (χ1n) is 4.17. The molecule has 0 aliphatic carbocycles. The van der Waals surface area contributed by atoms with E-state index in [0.717, 1.165) is 11.3 Å². The van der Waals surface area contributed by atoms with E-state index in [2.05, 4.69) is 20.5 Å². The lowest BCUT2D eigenvalue weighted by molar-refractivity contribution is 1.09. The van der Waals surface area contributed by atoms with Crippen molar-refractivity contribution in [2.75, 3.05) is 5.32 Å². The van der Waals surface area contributed by atoms with Gasteiger partial charge in [0.05, 0.1) is 16.9 Å². The molecular weight excluding hydrogens is 200 g/mol. The zero-order valence-corrected chi connectivity index (χ0v) is 8.12. The smallest absolute Gasteiger partial charge is 0.0820 e. The third kappa shape index (κ3) is 2.03. The third-order valence-corrected chi connectivity index (χ3v) is 2.11. The highest BCUT2D eigenvalue weighted by atomic mass is 35.5. The molecule has 4 nitrogen and oxygen atoms in total. The van der Waals surface area contributed by atoms with Crippen LogP contribution in [0.3, 0.4) is 0 Å². The fourth-order valence-corrected chi connectivity index (χ4v) is 1.28. The normalized spacial score (nSPS) is 10.1. The van der Waals surface area contributed by atoms with E-state index < -0.39 is 0 Å². The van der Waals surface area contributed by atoms with Gasteiger partial charge in [0.25, 0.3) is 0 Å². The first-order chi connectivity index (χ1) is 6.86. The van der Waals surface area contributed by atoms with Gasteiger partial charge >= 0.3 is 0 Å². The molecule has 0 spiro atoms. The molecule has 0 aliphatic rings. The Kier molecular flexibility index (Phi) is 2.65. The number of nitrogens with zero attached hydrogens (tertiary/aromatic N) is 2. The average molecular weight is 209 g/mol. The predicted molar refractivity (Wildman–Crippen MR) is 55.2 cm³/mol. The Morgan fingerprint density at radius 2 is 2.36 bits per heavy atom. The van der Waals surface area contributed by atoms with Gasteiger partial charge in [-0.25, -0.2) is 0 Å². The number of aromatic nitrogens is 3. The van der Waals surface area contributed by atoms with Crippen LogP contribution < -0.4 is 5.32 Å². The predicted octanol–water partition coefficient (Wildman–Crippen LogP) is 2.07. The summed E-state index contributed by atoms with van der Waals surface area (Å²) in [5.74, 6) is 0. The quantitative estimate of drug-likeness (QED) is 0.812. The van der Waals surface area contributed by atoms with E-state index >= 15 is 0 Å². The Balaban J connectivity index is 2.02. The molecule has 0 radical (unpaired) electrons. The van der Waals surface area contributed by atoms with Gasteiger partial charge in [0.15, 0.2) is 0 Å². The summed E-state index contributed by atoms with van der Waals surface area (Å²) in [6.07, 6.45) is 6.91. The van der Waals surface area contributed by atoms with Crippen LogP contribution in [0.1, 0.15) is 5.56 Å². The lowest BCUT2D eigenvalue weighted by Gasteiger charge is -2.05. The number of pyridine rings is 1. The minimum atomic E-state index is 0.621. The van der Waals surface area contributed by atoms with E-state index in [0.29, 0.717) is 11.6 Å². The fraction of sp³-hybridized carbons (Fsp3) is 0.111. The van der Waals surface area contributed by atoms with Crippen LogP contribution in [-0.4, -0.2) is 15.2 Å². The second-order valence-corrected chi connectivity index (χ2v) is 3.22. The van der Waals surface area contributed by atoms with E-state index in [1.807, 2.05) is 12.3 Å². The summed E-state index contributed by atoms with van der Waals surface area (Å²) in [6, 6.07) is 1.84. The number of aromatic amines is 1. The lowest BCUT2D eigenvalue weighted by Crippen LogP contribution is -1.98. The molecule has 0 saturated carbocycles. The highest BCUT2D eigenvalue weighted by Crippen LogP contribution is 2.19. The topological polar surface area (TPSA) is 53.6 Å². The maximum absolute atomic E-state index is 5.92. The van der Waals surface area contributed by atoms with Gasteiger partial charge in [0.2, 0.25) is 0 Å². The molecule has 5 heteroatoms. The van der Waals surface area contributed by atoms with E-state index in [1.165, 1.54) is 0 Å². The lowest BCUT2D eigenvalue weighted by atomic mass is 10.3.